The fourth-order valence-electron chi connectivity index (χ4n) is 3.71. The van der Waals surface area contributed by atoms with E-state index in [4.69, 9.17) is 0 Å². The number of aliphatic hydroxyl groups is 1. The van der Waals surface area contributed by atoms with Crippen molar-refractivity contribution in [3.63, 3.8) is 0 Å². The molecule has 0 spiro atoms. The van der Waals surface area contributed by atoms with Crippen LogP contribution in [0.2, 0.25) is 0 Å². The van der Waals surface area contributed by atoms with E-state index in [-0.39, 0.29) is 6.10 Å². The predicted molar refractivity (Wildman–Crippen MR) is 80.2 cm³/mol. The topological polar surface area (TPSA) is 26.7 Å². The van der Waals surface area contributed by atoms with E-state index in [1.54, 1.807) is 0 Å². The van der Waals surface area contributed by atoms with Crippen molar-refractivity contribution < 1.29 is 5.11 Å². The fraction of sp³-hybridized carbons (Fsp3) is 1.00. The van der Waals surface area contributed by atoms with Crippen LogP contribution >= 0.6 is 0 Å². The van der Waals surface area contributed by atoms with Gasteiger partial charge in [0, 0.05) is 32.2 Å². The smallest absolute Gasteiger partial charge is 0.0580 e. The normalized spacial score (nSPS) is 38.8. The molecule has 0 amide bonds. The van der Waals surface area contributed by atoms with Crippen LogP contribution in [0.5, 0.6) is 0 Å². The van der Waals surface area contributed by atoms with E-state index in [1.807, 2.05) is 0 Å². The summed E-state index contributed by atoms with van der Waals surface area (Å²) in [7, 11) is 2.21. The molecule has 3 nitrogen and oxygen atoms in total. The van der Waals surface area contributed by atoms with E-state index in [2.05, 4.69) is 37.6 Å². The van der Waals surface area contributed by atoms with E-state index in [9.17, 15) is 5.11 Å². The molecule has 1 saturated carbocycles. The Morgan fingerprint density at radius 1 is 1.21 bits per heavy atom. The molecule has 4 unspecified atom stereocenters. The Labute approximate surface area is 119 Å². The van der Waals surface area contributed by atoms with Gasteiger partial charge >= 0.3 is 0 Å². The van der Waals surface area contributed by atoms with Crippen molar-refractivity contribution >= 4 is 0 Å². The van der Waals surface area contributed by atoms with Crippen molar-refractivity contribution in [2.75, 3.05) is 33.2 Å². The zero-order valence-electron chi connectivity index (χ0n) is 13.2. The molecule has 0 bridgehead atoms. The van der Waals surface area contributed by atoms with Gasteiger partial charge in [-0.15, -0.1) is 0 Å². The van der Waals surface area contributed by atoms with E-state index in [1.165, 1.54) is 12.8 Å². The van der Waals surface area contributed by atoms with Gasteiger partial charge < -0.3 is 14.9 Å². The van der Waals surface area contributed by atoms with Gasteiger partial charge in [-0.1, -0.05) is 13.8 Å². The van der Waals surface area contributed by atoms with E-state index >= 15 is 0 Å². The number of piperazine rings is 1. The lowest BCUT2D eigenvalue weighted by Crippen LogP contribution is -2.52. The van der Waals surface area contributed by atoms with Crippen LogP contribution in [0.15, 0.2) is 0 Å². The third kappa shape index (κ3) is 3.93. The number of likely N-dealkylation sites (N-methyl/N-ethyl adjacent to an activating group) is 1. The molecular formula is C16H32N2O. The number of hydrogen-bond acceptors (Lipinski definition) is 3. The zero-order valence-corrected chi connectivity index (χ0v) is 13.2. The van der Waals surface area contributed by atoms with E-state index in [0.717, 1.165) is 44.4 Å². The molecule has 19 heavy (non-hydrogen) atoms. The molecule has 0 aromatic rings. The molecule has 0 aromatic heterocycles. The van der Waals surface area contributed by atoms with Gasteiger partial charge in [-0.05, 0) is 51.0 Å². The highest BCUT2D eigenvalue weighted by molar-refractivity contribution is 4.85. The molecule has 1 saturated heterocycles. The number of aliphatic hydroxyl groups excluding tert-OH is 1. The van der Waals surface area contributed by atoms with Gasteiger partial charge in [0.05, 0.1) is 6.10 Å². The van der Waals surface area contributed by atoms with Crippen molar-refractivity contribution in [1.82, 2.24) is 9.80 Å². The Morgan fingerprint density at radius 2 is 1.95 bits per heavy atom. The SMILES string of the molecule is CC(C)C1CCC(O)C(CN2CCN(C)C(C)C2)C1. The second-order valence-electron chi connectivity index (χ2n) is 7.23. The number of nitrogens with zero attached hydrogens (tertiary/aromatic N) is 2. The molecule has 4 atom stereocenters. The lowest BCUT2D eigenvalue weighted by atomic mass is 9.74. The van der Waals surface area contributed by atoms with Crippen molar-refractivity contribution in [1.29, 1.82) is 0 Å². The third-order valence-corrected chi connectivity index (χ3v) is 5.46. The van der Waals surface area contributed by atoms with Gasteiger partial charge in [0.25, 0.3) is 0 Å². The van der Waals surface area contributed by atoms with Crippen molar-refractivity contribution in [3.8, 4) is 0 Å². The lowest BCUT2D eigenvalue weighted by molar-refractivity contribution is 0.00437. The first-order valence-corrected chi connectivity index (χ1v) is 8.08. The summed E-state index contributed by atoms with van der Waals surface area (Å²) in [5, 5.41) is 10.3. The second kappa shape index (κ2) is 6.55. The molecule has 2 fully saturated rings. The molecule has 3 heteroatoms. The van der Waals surface area contributed by atoms with Crippen LogP contribution in [0.4, 0.5) is 0 Å². The highest BCUT2D eigenvalue weighted by Crippen LogP contribution is 2.34. The van der Waals surface area contributed by atoms with Crippen LogP contribution in [0.1, 0.15) is 40.0 Å². The van der Waals surface area contributed by atoms with Gasteiger partial charge in [-0.25, -0.2) is 0 Å². The minimum atomic E-state index is -0.0648. The lowest BCUT2D eigenvalue weighted by Gasteiger charge is -2.42. The molecule has 112 valence electrons. The summed E-state index contributed by atoms with van der Waals surface area (Å²) >= 11 is 0. The van der Waals surface area contributed by atoms with E-state index in [0.29, 0.717) is 12.0 Å². The Hall–Kier alpha value is -0.120. The summed E-state index contributed by atoms with van der Waals surface area (Å²) in [5.41, 5.74) is 0. The van der Waals surface area contributed by atoms with Crippen molar-refractivity contribution in [3.05, 3.63) is 0 Å². The first kappa shape index (κ1) is 15.3. The van der Waals surface area contributed by atoms with Crippen molar-refractivity contribution in [2.45, 2.75) is 52.2 Å². The average molecular weight is 268 g/mol. The van der Waals surface area contributed by atoms with E-state index < -0.39 is 0 Å². The standard InChI is InChI=1S/C16H32N2O/c1-12(2)14-5-6-16(19)15(9-14)11-18-8-7-17(4)13(3)10-18/h12-16,19H,5-11H2,1-4H3. The van der Waals surface area contributed by atoms with Crippen LogP contribution in [-0.2, 0) is 0 Å². The quantitative estimate of drug-likeness (QED) is 0.849. The van der Waals surface area contributed by atoms with Crippen LogP contribution in [0.3, 0.4) is 0 Å². The maximum Gasteiger partial charge on any atom is 0.0580 e. The van der Waals surface area contributed by atoms with Crippen LogP contribution in [0, 0.1) is 17.8 Å². The highest BCUT2D eigenvalue weighted by atomic mass is 16.3. The Kier molecular flexibility index (Phi) is 5.27. The number of hydrogen-bond donors (Lipinski definition) is 1. The minimum absolute atomic E-state index is 0.0648. The average Bonchev–Trinajstić information content (AvgIpc) is 2.36. The zero-order chi connectivity index (χ0) is 14.0. The summed E-state index contributed by atoms with van der Waals surface area (Å²) in [4.78, 5) is 5.01. The summed E-state index contributed by atoms with van der Waals surface area (Å²) < 4.78 is 0. The van der Waals surface area contributed by atoms with Crippen molar-refractivity contribution in [2.24, 2.45) is 17.8 Å². The molecule has 2 aliphatic rings. The molecule has 1 heterocycles. The molecule has 0 radical (unpaired) electrons. The maximum atomic E-state index is 10.3. The summed E-state index contributed by atoms with van der Waals surface area (Å²) in [6, 6.07) is 0.648. The van der Waals surface area contributed by atoms with Gasteiger partial charge in [0.2, 0.25) is 0 Å². The van der Waals surface area contributed by atoms with Gasteiger partial charge in [0.15, 0.2) is 0 Å². The highest BCUT2D eigenvalue weighted by Gasteiger charge is 2.32. The first-order valence-electron chi connectivity index (χ1n) is 8.08. The Balaban J connectivity index is 1.86. The van der Waals surface area contributed by atoms with Crippen LogP contribution < -0.4 is 0 Å². The first-order chi connectivity index (χ1) is 8.97. The summed E-state index contributed by atoms with van der Waals surface area (Å²) in [6.07, 6.45) is 3.38. The van der Waals surface area contributed by atoms with Gasteiger partial charge in [-0.3, -0.25) is 0 Å². The van der Waals surface area contributed by atoms with Gasteiger partial charge in [-0.2, -0.15) is 0 Å². The molecule has 2 rings (SSSR count). The minimum Gasteiger partial charge on any atom is -0.393 e. The van der Waals surface area contributed by atoms with Crippen LogP contribution in [0.25, 0.3) is 0 Å². The summed E-state index contributed by atoms with van der Waals surface area (Å²) in [6.45, 7) is 11.6. The molecule has 1 aliphatic heterocycles. The van der Waals surface area contributed by atoms with Crippen LogP contribution in [-0.4, -0.2) is 60.3 Å². The molecular weight excluding hydrogens is 236 g/mol. The number of rotatable bonds is 3. The second-order valence-corrected chi connectivity index (χ2v) is 7.23. The monoisotopic (exact) mass is 268 g/mol. The Bertz CT molecular complexity index is 282. The fourth-order valence-corrected chi connectivity index (χ4v) is 3.71. The van der Waals surface area contributed by atoms with Gasteiger partial charge in [0.1, 0.15) is 0 Å². The molecule has 1 N–H and O–H groups in total. The molecule has 0 aromatic carbocycles. The summed E-state index contributed by atoms with van der Waals surface area (Å²) in [5.74, 6) is 2.08. The predicted octanol–water partition coefficient (Wildman–Crippen LogP) is 2.06. The maximum absolute atomic E-state index is 10.3. The molecule has 1 aliphatic carbocycles. The largest absolute Gasteiger partial charge is 0.393 e. The third-order valence-electron chi connectivity index (χ3n) is 5.46. The Morgan fingerprint density at radius 3 is 2.58 bits per heavy atom.